The fraction of sp³-hybridized carbons (Fsp3) is 0.600. The van der Waals surface area contributed by atoms with E-state index in [9.17, 15) is 10.2 Å². The van der Waals surface area contributed by atoms with E-state index in [1.807, 2.05) is 30.5 Å². The van der Waals surface area contributed by atoms with Gasteiger partial charge in [0.15, 0.2) is 0 Å². The van der Waals surface area contributed by atoms with E-state index in [1.165, 1.54) is 0 Å². The minimum Gasteiger partial charge on any atom is -0.426 e. The van der Waals surface area contributed by atoms with Crippen molar-refractivity contribution in [1.29, 1.82) is 0 Å². The second-order valence-electron chi connectivity index (χ2n) is 8.94. The molecule has 27 heavy (non-hydrogen) atoms. The Morgan fingerprint density at radius 1 is 1.22 bits per heavy atom. The summed E-state index contributed by atoms with van der Waals surface area (Å²) in [6.45, 7) is 5.90. The van der Waals surface area contributed by atoms with Crippen LogP contribution in [0.25, 0.3) is 10.9 Å². The van der Waals surface area contributed by atoms with Crippen molar-refractivity contribution in [2.75, 3.05) is 0 Å². The molecule has 4 atom stereocenters. The molecule has 0 aliphatic heterocycles. The molecule has 5 rings (SSSR count). The van der Waals surface area contributed by atoms with E-state index in [1.54, 1.807) is 6.92 Å². The standard InChI is InChI=1S/C10H13BN2O2.C10H18O2/c12-10(11(14)15)5-7-6-13-9-4-2-1-3-8(7)9;1-8(2)7-4-5-9(3,11)10(8,12)6-7/h1-4,6,10,13-15H,5,12H2;7,11-12H,4-6H2,1-3H3/t10-;/m0./s1. The van der Waals surface area contributed by atoms with Gasteiger partial charge in [-0.15, -0.1) is 0 Å². The fourth-order valence-electron chi connectivity index (χ4n) is 4.78. The predicted molar refractivity (Wildman–Crippen MR) is 107 cm³/mol. The molecule has 3 saturated carbocycles. The van der Waals surface area contributed by atoms with Gasteiger partial charge in [0.2, 0.25) is 0 Å². The number of aromatic amines is 1. The minimum absolute atomic E-state index is 0.0885. The van der Waals surface area contributed by atoms with Crippen LogP contribution in [0.2, 0.25) is 0 Å². The quantitative estimate of drug-likeness (QED) is 0.453. The number of nitrogens with one attached hydrogen (secondary N) is 1. The largest absolute Gasteiger partial charge is 0.469 e. The summed E-state index contributed by atoms with van der Waals surface area (Å²) in [6.07, 6.45) is 4.89. The molecule has 3 aliphatic carbocycles. The van der Waals surface area contributed by atoms with Crippen molar-refractivity contribution in [3.05, 3.63) is 36.0 Å². The van der Waals surface area contributed by atoms with E-state index >= 15 is 0 Å². The van der Waals surface area contributed by atoms with E-state index in [-0.39, 0.29) is 5.41 Å². The Labute approximate surface area is 160 Å². The van der Waals surface area contributed by atoms with Crippen LogP contribution < -0.4 is 5.73 Å². The van der Waals surface area contributed by atoms with Gasteiger partial charge in [-0.3, -0.25) is 0 Å². The average Bonchev–Trinajstić information content (AvgIpc) is 3.00. The zero-order valence-electron chi connectivity index (χ0n) is 16.3. The van der Waals surface area contributed by atoms with Gasteiger partial charge in [0, 0.05) is 23.0 Å². The van der Waals surface area contributed by atoms with Crippen LogP contribution in [0.3, 0.4) is 0 Å². The van der Waals surface area contributed by atoms with Crippen molar-refractivity contribution in [3.8, 4) is 0 Å². The van der Waals surface area contributed by atoms with Crippen molar-refractivity contribution in [2.45, 2.75) is 63.6 Å². The van der Waals surface area contributed by atoms with Gasteiger partial charge in [-0.25, -0.2) is 0 Å². The zero-order chi connectivity index (χ0) is 20.0. The highest BCUT2D eigenvalue weighted by atomic mass is 16.4. The Bertz CT molecular complexity index is 794. The Hall–Kier alpha value is -1.38. The first-order chi connectivity index (χ1) is 12.5. The Morgan fingerprint density at radius 3 is 2.44 bits per heavy atom. The van der Waals surface area contributed by atoms with E-state index in [0.717, 1.165) is 35.7 Å². The van der Waals surface area contributed by atoms with Crippen LogP contribution in [0, 0.1) is 11.3 Å². The monoisotopic (exact) mass is 374 g/mol. The molecule has 7 heteroatoms. The molecule has 3 unspecified atom stereocenters. The molecule has 0 amide bonds. The fourth-order valence-corrected chi connectivity index (χ4v) is 4.78. The number of benzene rings is 1. The molecule has 2 bridgehead atoms. The molecule has 1 heterocycles. The highest BCUT2D eigenvalue weighted by molar-refractivity contribution is 6.43. The van der Waals surface area contributed by atoms with Crippen LogP contribution in [-0.4, -0.2) is 49.5 Å². The molecular weight excluding hydrogens is 343 g/mol. The van der Waals surface area contributed by atoms with Crippen LogP contribution >= 0.6 is 0 Å². The summed E-state index contributed by atoms with van der Waals surface area (Å²) in [5.41, 5.74) is 5.84. The van der Waals surface area contributed by atoms with Gasteiger partial charge in [-0.1, -0.05) is 32.0 Å². The Balaban J connectivity index is 0.000000159. The van der Waals surface area contributed by atoms with Crippen molar-refractivity contribution >= 4 is 18.0 Å². The van der Waals surface area contributed by atoms with Crippen LogP contribution in [0.1, 0.15) is 45.6 Å². The second kappa shape index (κ2) is 6.90. The van der Waals surface area contributed by atoms with Crippen molar-refractivity contribution < 1.29 is 20.3 Å². The molecule has 0 radical (unpaired) electrons. The summed E-state index contributed by atoms with van der Waals surface area (Å²) in [6, 6.07) is 7.85. The topological polar surface area (TPSA) is 123 Å². The Kier molecular flexibility index (Phi) is 5.20. The smallest absolute Gasteiger partial charge is 0.426 e. The average molecular weight is 374 g/mol. The van der Waals surface area contributed by atoms with E-state index in [0.29, 0.717) is 12.3 Å². The summed E-state index contributed by atoms with van der Waals surface area (Å²) in [7, 11) is -1.47. The number of hydrogen-bond donors (Lipinski definition) is 6. The minimum atomic E-state index is -1.47. The maximum Gasteiger partial charge on any atom is 0.469 e. The molecule has 3 fully saturated rings. The van der Waals surface area contributed by atoms with Crippen molar-refractivity contribution in [1.82, 2.24) is 4.98 Å². The third-order valence-corrected chi connectivity index (χ3v) is 7.01. The van der Waals surface area contributed by atoms with Crippen LogP contribution in [0.15, 0.2) is 30.5 Å². The van der Waals surface area contributed by atoms with Gasteiger partial charge in [0.05, 0.1) is 11.2 Å². The summed E-state index contributed by atoms with van der Waals surface area (Å²) in [5, 5.41) is 39.2. The van der Waals surface area contributed by atoms with Gasteiger partial charge in [-0.2, -0.15) is 0 Å². The molecule has 1 aromatic carbocycles. The van der Waals surface area contributed by atoms with Crippen molar-refractivity contribution in [3.63, 3.8) is 0 Å². The molecule has 148 valence electrons. The zero-order valence-corrected chi connectivity index (χ0v) is 16.3. The number of fused-ring (bicyclic) bond motifs is 3. The third kappa shape index (κ3) is 3.32. The normalized spacial score (nSPS) is 32.2. The van der Waals surface area contributed by atoms with Gasteiger partial charge in [-0.05, 0) is 55.6 Å². The highest BCUT2D eigenvalue weighted by Crippen LogP contribution is 2.65. The lowest BCUT2D eigenvalue weighted by atomic mass is 9.41. The summed E-state index contributed by atoms with van der Waals surface area (Å²) < 4.78 is 0. The van der Waals surface area contributed by atoms with Crippen LogP contribution in [0.5, 0.6) is 0 Å². The van der Waals surface area contributed by atoms with Crippen LogP contribution in [-0.2, 0) is 6.42 Å². The number of rotatable bonds is 3. The second-order valence-corrected chi connectivity index (χ2v) is 8.94. The first kappa shape index (κ1) is 20.4. The highest BCUT2D eigenvalue weighted by Gasteiger charge is 2.69. The Morgan fingerprint density at radius 2 is 1.89 bits per heavy atom. The maximum atomic E-state index is 10.2. The van der Waals surface area contributed by atoms with Gasteiger partial charge < -0.3 is 31.0 Å². The number of aliphatic hydroxyl groups is 2. The van der Waals surface area contributed by atoms with Gasteiger partial charge in [0.1, 0.15) is 0 Å². The van der Waals surface area contributed by atoms with E-state index < -0.39 is 24.3 Å². The van der Waals surface area contributed by atoms with Crippen LogP contribution in [0.4, 0.5) is 0 Å². The third-order valence-electron chi connectivity index (χ3n) is 7.01. The number of H-pyrrole nitrogens is 1. The first-order valence-corrected chi connectivity index (χ1v) is 9.61. The SMILES string of the molecule is CC1(O)CCC2CC1(O)C2(C)C.N[C@@H](Cc1c[nH]c2ccccc12)B(O)O. The summed E-state index contributed by atoms with van der Waals surface area (Å²) in [4.78, 5) is 3.11. The van der Waals surface area contributed by atoms with E-state index in [2.05, 4.69) is 18.8 Å². The molecule has 7 N–H and O–H groups in total. The summed E-state index contributed by atoms with van der Waals surface area (Å²) in [5.74, 6) is -0.0352. The molecule has 2 aromatic rings. The lowest BCUT2D eigenvalue weighted by molar-refractivity contribution is -0.312. The molecule has 3 aliphatic rings. The molecule has 0 spiro atoms. The number of aromatic nitrogens is 1. The van der Waals surface area contributed by atoms with Gasteiger partial charge in [0.25, 0.3) is 0 Å². The van der Waals surface area contributed by atoms with E-state index in [4.69, 9.17) is 15.8 Å². The molecular formula is C20H31BN2O4. The van der Waals surface area contributed by atoms with Gasteiger partial charge >= 0.3 is 7.12 Å². The lowest BCUT2D eigenvalue weighted by Gasteiger charge is -2.68. The molecule has 0 saturated heterocycles. The maximum absolute atomic E-state index is 10.2. The molecule has 6 nitrogen and oxygen atoms in total. The molecule has 1 aromatic heterocycles. The summed E-state index contributed by atoms with van der Waals surface area (Å²) >= 11 is 0. The lowest BCUT2D eigenvalue weighted by Crippen LogP contribution is -2.74. The predicted octanol–water partition coefficient (Wildman–Crippen LogP) is 1.36. The first-order valence-electron chi connectivity index (χ1n) is 9.61. The number of hydrogen-bond acceptors (Lipinski definition) is 5. The number of para-hydroxylation sites is 1. The number of nitrogens with two attached hydrogens (primary N) is 1. The van der Waals surface area contributed by atoms with Crippen molar-refractivity contribution in [2.24, 2.45) is 17.1 Å².